The number of ether oxygens (including phenoxy) is 2. The third-order valence-corrected chi connectivity index (χ3v) is 5.95. The molecule has 2 heterocycles. The van der Waals surface area contributed by atoms with Gasteiger partial charge in [0.25, 0.3) is 0 Å². The predicted octanol–water partition coefficient (Wildman–Crippen LogP) is 2.13. The third kappa shape index (κ3) is 6.34. The molecule has 0 amide bonds. The summed E-state index contributed by atoms with van der Waals surface area (Å²) in [4.78, 5) is 4.74. The van der Waals surface area contributed by atoms with Gasteiger partial charge < -0.3 is 24.6 Å². The van der Waals surface area contributed by atoms with E-state index in [0.717, 1.165) is 45.6 Å². The summed E-state index contributed by atoms with van der Waals surface area (Å²) in [6.45, 7) is 6.29. The van der Waals surface area contributed by atoms with Crippen LogP contribution in [0.4, 0.5) is 0 Å². The Labute approximate surface area is 169 Å². The summed E-state index contributed by atoms with van der Waals surface area (Å²) in [7, 11) is 1.64. The first-order chi connectivity index (χ1) is 13.7. The Kier molecular flexibility index (Phi) is 8.40. The van der Waals surface area contributed by atoms with Crippen LogP contribution in [-0.4, -0.2) is 79.2 Å². The molecule has 0 spiro atoms. The van der Waals surface area contributed by atoms with E-state index in [9.17, 15) is 10.2 Å². The molecular formula is C22H36N2O4. The highest BCUT2D eigenvalue weighted by Crippen LogP contribution is 2.29. The fraction of sp³-hybridized carbons (Fsp3) is 0.727. The van der Waals surface area contributed by atoms with Crippen molar-refractivity contribution in [3.63, 3.8) is 0 Å². The van der Waals surface area contributed by atoms with E-state index in [1.807, 2.05) is 12.1 Å². The van der Waals surface area contributed by atoms with Crippen molar-refractivity contribution in [2.24, 2.45) is 5.92 Å². The van der Waals surface area contributed by atoms with Crippen LogP contribution in [0, 0.1) is 5.92 Å². The third-order valence-electron chi connectivity index (χ3n) is 5.95. The Morgan fingerprint density at radius 1 is 1.04 bits per heavy atom. The lowest BCUT2D eigenvalue weighted by molar-refractivity contribution is 0.0607. The molecule has 3 rings (SSSR count). The molecule has 2 fully saturated rings. The van der Waals surface area contributed by atoms with Crippen molar-refractivity contribution in [2.75, 3.05) is 53.0 Å². The topological polar surface area (TPSA) is 65.4 Å². The van der Waals surface area contributed by atoms with Gasteiger partial charge in [0.15, 0.2) is 11.5 Å². The first-order valence-electron chi connectivity index (χ1n) is 10.7. The zero-order valence-corrected chi connectivity index (χ0v) is 17.2. The second-order valence-corrected chi connectivity index (χ2v) is 8.21. The van der Waals surface area contributed by atoms with E-state index in [2.05, 4.69) is 15.9 Å². The number of benzene rings is 1. The zero-order valence-electron chi connectivity index (χ0n) is 17.2. The van der Waals surface area contributed by atoms with E-state index in [1.54, 1.807) is 7.11 Å². The van der Waals surface area contributed by atoms with Crippen LogP contribution < -0.4 is 9.47 Å². The van der Waals surface area contributed by atoms with Gasteiger partial charge in [-0.2, -0.15) is 0 Å². The fourth-order valence-electron chi connectivity index (χ4n) is 4.20. The smallest absolute Gasteiger partial charge is 0.161 e. The van der Waals surface area contributed by atoms with Crippen LogP contribution in [0.1, 0.15) is 37.7 Å². The second-order valence-electron chi connectivity index (χ2n) is 8.21. The van der Waals surface area contributed by atoms with Crippen molar-refractivity contribution >= 4 is 0 Å². The predicted molar refractivity (Wildman–Crippen MR) is 110 cm³/mol. The van der Waals surface area contributed by atoms with E-state index in [1.165, 1.54) is 24.8 Å². The highest BCUT2D eigenvalue weighted by molar-refractivity contribution is 5.43. The van der Waals surface area contributed by atoms with Gasteiger partial charge in [-0.15, -0.1) is 0 Å². The molecule has 6 heteroatoms. The number of piperidine rings is 2. The molecule has 2 aliphatic rings. The van der Waals surface area contributed by atoms with Gasteiger partial charge in [0, 0.05) is 19.7 Å². The van der Waals surface area contributed by atoms with Gasteiger partial charge in [0.2, 0.25) is 0 Å². The lowest BCUT2D eigenvalue weighted by Gasteiger charge is -2.31. The SMILES string of the molecule is COc1ccc(CN2CCC(CO)CC2)cc1OC[C@H](O)CN1CCCCC1. The lowest BCUT2D eigenvalue weighted by Crippen LogP contribution is -2.38. The number of β-amino-alcohol motifs (C(OH)–C–C–N with tert-alkyl or cyclic N) is 1. The minimum absolute atomic E-state index is 0.276. The molecule has 2 N–H and O–H groups in total. The first-order valence-corrected chi connectivity index (χ1v) is 10.7. The fourth-order valence-corrected chi connectivity index (χ4v) is 4.20. The van der Waals surface area contributed by atoms with Gasteiger partial charge in [0.05, 0.1) is 7.11 Å². The van der Waals surface area contributed by atoms with Crippen molar-refractivity contribution in [3.8, 4) is 11.5 Å². The molecular weight excluding hydrogens is 356 g/mol. The highest BCUT2D eigenvalue weighted by Gasteiger charge is 2.19. The van der Waals surface area contributed by atoms with Gasteiger partial charge in [-0.1, -0.05) is 12.5 Å². The Morgan fingerprint density at radius 2 is 1.79 bits per heavy atom. The Morgan fingerprint density at radius 3 is 2.46 bits per heavy atom. The molecule has 1 aromatic rings. The van der Waals surface area contributed by atoms with Gasteiger partial charge >= 0.3 is 0 Å². The van der Waals surface area contributed by atoms with Crippen molar-refractivity contribution < 1.29 is 19.7 Å². The number of aliphatic hydroxyl groups is 2. The summed E-state index contributed by atoms with van der Waals surface area (Å²) in [5.41, 5.74) is 1.18. The van der Waals surface area contributed by atoms with Crippen molar-refractivity contribution in [2.45, 2.75) is 44.8 Å². The summed E-state index contributed by atoms with van der Waals surface area (Å²) in [5, 5.41) is 19.7. The van der Waals surface area contributed by atoms with Gasteiger partial charge in [-0.25, -0.2) is 0 Å². The number of methoxy groups -OCH3 is 1. The van der Waals surface area contributed by atoms with Gasteiger partial charge in [-0.05, 0) is 75.5 Å². The highest BCUT2D eigenvalue weighted by atomic mass is 16.5. The summed E-state index contributed by atoms with van der Waals surface area (Å²) in [5.74, 6) is 1.85. The number of aliphatic hydroxyl groups excluding tert-OH is 2. The van der Waals surface area contributed by atoms with E-state index in [-0.39, 0.29) is 6.61 Å². The molecule has 0 saturated carbocycles. The Hall–Kier alpha value is -1.34. The van der Waals surface area contributed by atoms with Gasteiger partial charge in [-0.3, -0.25) is 4.90 Å². The average Bonchev–Trinajstić information content (AvgIpc) is 2.73. The molecule has 0 aromatic heterocycles. The van der Waals surface area contributed by atoms with Crippen LogP contribution in [0.2, 0.25) is 0 Å². The first kappa shape index (κ1) is 21.4. The van der Waals surface area contributed by atoms with Crippen LogP contribution in [0.5, 0.6) is 11.5 Å². The molecule has 28 heavy (non-hydrogen) atoms. The molecule has 2 saturated heterocycles. The summed E-state index contributed by atoms with van der Waals surface area (Å²) < 4.78 is 11.4. The van der Waals surface area contributed by atoms with Gasteiger partial charge in [0.1, 0.15) is 12.7 Å². The number of likely N-dealkylation sites (tertiary alicyclic amines) is 2. The van der Waals surface area contributed by atoms with Crippen molar-refractivity contribution in [3.05, 3.63) is 23.8 Å². The van der Waals surface area contributed by atoms with Crippen LogP contribution in [0.15, 0.2) is 18.2 Å². The molecule has 6 nitrogen and oxygen atoms in total. The number of hydrogen-bond acceptors (Lipinski definition) is 6. The maximum Gasteiger partial charge on any atom is 0.161 e. The number of hydrogen-bond donors (Lipinski definition) is 2. The molecule has 2 aliphatic heterocycles. The normalized spacial score (nSPS) is 20.8. The largest absolute Gasteiger partial charge is 0.493 e. The standard InChI is InChI=1S/C22H36N2O4/c1-27-21-6-5-19(14-24-11-7-18(16-25)8-12-24)13-22(21)28-17-20(26)15-23-9-3-2-4-10-23/h5-6,13,18,20,25-26H,2-4,7-12,14-17H2,1H3/t20-/m1/s1. The van der Waals surface area contributed by atoms with Crippen LogP contribution in [0.25, 0.3) is 0 Å². The lowest BCUT2D eigenvalue weighted by atomic mass is 9.97. The number of nitrogens with zero attached hydrogens (tertiary/aromatic N) is 2. The average molecular weight is 393 g/mol. The van der Waals surface area contributed by atoms with Crippen molar-refractivity contribution in [1.29, 1.82) is 0 Å². The molecule has 0 bridgehead atoms. The zero-order chi connectivity index (χ0) is 19.8. The van der Waals surface area contributed by atoms with E-state index < -0.39 is 6.10 Å². The molecule has 158 valence electrons. The van der Waals surface area contributed by atoms with E-state index in [4.69, 9.17) is 9.47 Å². The minimum atomic E-state index is -0.496. The molecule has 1 aromatic carbocycles. The van der Waals surface area contributed by atoms with Crippen LogP contribution in [0.3, 0.4) is 0 Å². The summed E-state index contributed by atoms with van der Waals surface area (Å²) in [6.07, 6.45) is 5.35. The Bertz CT molecular complexity index is 584. The minimum Gasteiger partial charge on any atom is -0.493 e. The summed E-state index contributed by atoms with van der Waals surface area (Å²) >= 11 is 0. The molecule has 0 unspecified atom stereocenters. The molecule has 0 radical (unpaired) electrons. The maximum atomic E-state index is 10.4. The number of rotatable bonds is 9. The molecule has 0 aliphatic carbocycles. The van der Waals surface area contributed by atoms with E-state index >= 15 is 0 Å². The summed E-state index contributed by atoms with van der Waals surface area (Å²) in [6, 6.07) is 6.06. The second kappa shape index (κ2) is 11.0. The van der Waals surface area contributed by atoms with E-state index in [0.29, 0.717) is 30.6 Å². The van der Waals surface area contributed by atoms with Crippen LogP contribution >= 0.6 is 0 Å². The Balaban J connectivity index is 1.52. The monoisotopic (exact) mass is 392 g/mol. The van der Waals surface area contributed by atoms with Crippen LogP contribution in [-0.2, 0) is 6.54 Å². The quantitative estimate of drug-likeness (QED) is 0.671. The van der Waals surface area contributed by atoms with Crippen molar-refractivity contribution in [1.82, 2.24) is 9.80 Å². The maximum absolute atomic E-state index is 10.4. The molecule has 1 atom stereocenters.